The maximum Gasteiger partial charge on any atom is 0.191 e. The average Bonchev–Trinajstić information content (AvgIpc) is 3.03. The Balaban J connectivity index is 1.61. The number of nitrogens with one attached hydrogen (secondary N) is 2. The van der Waals surface area contributed by atoms with Crippen LogP contribution in [0.2, 0.25) is 0 Å². The van der Waals surface area contributed by atoms with Gasteiger partial charge in [-0.25, -0.2) is 0 Å². The van der Waals surface area contributed by atoms with Crippen molar-refractivity contribution in [2.24, 2.45) is 4.99 Å². The molecular weight excluding hydrogens is 334 g/mol. The smallest absolute Gasteiger partial charge is 0.191 e. The van der Waals surface area contributed by atoms with Crippen molar-refractivity contribution in [3.63, 3.8) is 0 Å². The number of hydrogen-bond acceptors (Lipinski definition) is 2. The summed E-state index contributed by atoms with van der Waals surface area (Å²) in [6.07, 6.45) is 5.36. The van der Waals surface area contributed by atoms with Gasteiger partial charge in [-0.15, -0.1) is 0 Å². The molecule has 0 spiro atoms. The predicted octanol–water partition coefficient (Wildman–Crippen LogP) is 3.61. The largest absolute Gasteiger partial charge is 0.353 e. The monoisotopic (exact) mass is 367 g/mol. The van der Waals surface area contributed by atoms with Gasteiger partial charge in [-0.05, 0) is 69.7 Å². The molecule has 0 fully saturated rings. The first kappa shape index (κ1) is 19.5. The maximum atomic E-state index is 4.78. The van der Waals surface area contributed by atoms with Crippen LogP contribution in [0.3, 0.4) is 0 Å². The summed E-state index contributed by atoms with van der Waals surface area (Å²) >= 11 is 0. The van der Waals surface area contributed by atoms with Gasteiger partial charge < -0.3 is 10.6 Å². The minimum atomic E-state index is 0.374. The molecule has 27 heavy (non-hydrogen) atoms. The molecule has 1 atom stereocenters. The summed E-state index contributed by atoms with van der Waals surface area (Å²) in [6.45, 7) is 11.7. The highest BCUT2D eigenvalue weighted by Crippen LogP contribution is 2.22. The number of aliphatic imine (C=N–C) groups is 1. The molecule has 1 aromatic carbocycles. The molecule has 146 valence electrons. The fourth-order valence-electron chi connectivity index (χ4n) is 3.95. The Morgan fingerprint density at radius 2 is 1.96 bits per heavy atom. The lowest BCUT2D eigenvalue weighted by Crippen LogP contribution is -2.45. The first-order valence-corrected chi connectivity index (χ1v) is 9.98. The summed E-state index contributed by atoms with van der Waals surface area (Å²) in [6, 6.07) is 5.28. The summed E-state index contributed by atoms with van der Waals surface area (Å²) < 4.78 is 2.09. The van der Waals surface area contributed by atoms with Crippen molar-refractivity contribution < 1.29 is 0 Å². The van der Waals surface area contributed by atoms with Gasteiger partial charge in [-0.1, -0.05) is 17.7 Å². The number of guanidine groups is 1. The van der Waals surface area contributed by atoms with Crippen LogP contribution in [0.25, 0.3) is 0 Å². The molecule has 1 aliphatic carbocycles. The van der Waals surface area contributed by atoms with Crippen molar-refractivity contribution in [3.8, 4) is 0 Å². The molecule has 5 heteroatoms. The molecule has 0 saturated heterocycles. The second-order valence-electron chi connectivity index (χ2n) is 8.06. The Bertz CT molecular complexity index is 808. The zero-order chi connectivity index (χ0) is 19.6. The van der Waals surface area contributed by atoms with Crippen molar-refractivity contribution in [3.05, 3.63) is 51.8 Å². The van der Waals surface area contributed by atoms with Crippen molar-refractivity contribution >= 4 is 5.96 Å². The van der Waals surface area contributed by atoms with Gasteiger partial charge in [0.15, 0.2) is 5.96 Å². The number of rotatable bonds is 4. The van der Waals surface area contributed by atoms with Crippen LogP contribution in [0, 0.1) is 20.8 Å². The van der Waals surface area contributed by atoms with Crippen LogP contribution in [0.15, 0.2) is 23.3 Å². The van der Waals surface area contributed by atoms with E-state index in [0.29, 0.717) is 12.1 Å². The van der Waals surface area contributed by atoms with Gasteiger partial charge in [-0.2, -0.15) is 5.10 Å². The van der Waals surface area contributed by atoms with E-state index in [1.165, 1.54) is 33.5 Å². The van der Waals surface area contributed by atoms with Crippen LogP contribution >= 0.6 is 0 Å². The Kier molecular flexibility index (Phi) is 5.88. The van der Waals surface area contributed by atoms with E-state index in [1.807, 2.05) is 7.05 Å². The number of hydrogen-bond donors (Lipinski definition) is 2. The van der Waals surface area contributed by atoms with Crippen molar-refractivity contribution in [2.45, 2.75) is 72.5 Å². The molecule has 1 aromatic heterocycles. The second-order valence-corrected chi connectivity index (χ2v) is 8.06. The molecule has 0 saturated carbocycles. The van der Waals surface area contributed by atoms with Gasteiger partial charge >= 0.3 is 0 Å². The molecule has 2 aromatic rings. The van der Waals surface area contributed by atoms with Crippen molar-refractivity contribution in [1.29, 1.82) is 0 Å². The second kappa shape index (κ2) is 8.15. The lowest BCUT2D eigenvalue weighted by molar-refractivity contribution is 0.499. The summed E-state index contributed by atoms with van der Waals surface area (Å²) in [5, 5.41) is 11.9. The Morgan fingerprint density at radius 1 is 1.26 bits per heavy atom. The maximum absolute atomic E-state index is 4.78. The third-order valence-electron chi connectivity index (χ3n) is 5.46. The average molecular weight is 368 g/mol. The van der Waals surface area contributed by atoms with E-state index < -0.39 is 0 Å². The first-order valence-electron chi connectivity index (χ1n) is 9.98. The molecule has 0 amide bonds. The zero-order valence-corrected chi connectivity index (χ0v) is 17.6. The highest BCUT2D eigenvalue weighted by molar-refractivity contribution is 5.80. The van der Waals surface area contributed by atoms with Crippen molar-refractivity contribution in [2.75, 3.05) is 7.05 Å². The van der Waals surface area contributed by atoms with Crippen LogP contribution < -0.4 is 10.6 Å². The standard InChI is InChI=1S/C22H33N5/c1-14(2)27-13-18-7-8-19(11-21(18)26-27)25-22(23-6)24-12-20-16(4)9-15(3)10-17(20)5/h9-10,13-14,19H,7-8,11-12H2,1-6H3,(H2,23,24,25). The van der Waals surface area contributed by atoms with E-state index in [1.54, 1.807) is 0 Å². The number of benzene rings is 1. The van der Waals surface area contributed by atoms with Crippen LogP contribution in [-0.4, -0.2) is 28.8 Å². The van der Waals surface area contributed by atoms with E-state index in [2.05, 4.69) is 73.3 Å². The number of aromatic nitrogens is 2. The Labute approximate surface area is 163 Å². The lowest BCUT2D eigenvalue weighted by Gasteiger charge is -2.25. The fourth-order valence-corrected chi connectivity index (χ4v) is 3.95. The number of aryl methyl sites for hydroxylation is 4. The van der Waals surface area contributed by atoms with Gasteiger partial charge in [0.25, 0.3) is 0 Å². The van der Waals surface area contributed by atoms with Gasteiger partial charge in [0.2, 0.25) is 0 Å². The summed E-state index contributed by atoms with van der Waals surface area (Å²) in [5.74, 6) is 0.867. The van der Waals surface area contributed by atoms with Crippen LogP contribution in [-0.2, 0) is 19.4 Å². The minimum Gasteiger partial charge on any atom is -0.353 e. The van der Waals surface area contributed by atoms with E-state index in [-0.39, 0.29) is 0 Å². The van der Waals surface area contributed by atoms with Crippen LogP contribution in [0.5, 0.6) is 0 Å². The first-order chi connectivity index (χ1) is 12.9. The summed E-state index contributed by atoms with van der Waals surface area (Å²) in [4.78, 5) is 4.43. The topological polar surface area (TPSA) is 54.2 Å². The van der Waals surface area contributed by atoms with E-state index in [0.717, 1.165) is 31.8 Å². The molecule has 3 rings (SSSR count). The molecule has 2 N–H and O–H groups in total. The Hall–Kier alpha value is -2.30. The van der Waals surface area contributed by atoms with E-state index in [4.69, 9.17) is 5.10 Å². The van der Waals surface area contributed by atoms with Crippen LogP contribution in [0.1, 0.15) is 59.8 Å². The molecular formula is C22H33N5. The number of fused-ring (bicyclic) bond motifs is 1. The SMILES string of the molecule is CN=C(NCc1c(C)cc(C)cc1C)NC1CCc2cn(C(C)C)nc2C1. The highest BCUT2D eigenvalue weighted by atomic mass is 15.3. The zero-order valence-electron chi connectivity index (χ0n) is 17.6. The van der Waals surface area contributed by atoms with Crippen molar-refractivity contribution in [1.82, 2.24) is 20.4 Å². The van der Waals surface area contributed by atoms with Crippen LogP contribution in [0.4, 0.5) is 0 Å². The lowest BCUT2D eigenvalue weighted by atomic mass is 9.94. The molecule has 1 heterocycles. The predicted molar refractivity (Wildman–Crippen MR) is 112 cm³/mol. The van der Waals surface area contributed by atoms with E-state index >= 15 is 0 Å². The van der Waals surface area contributed by atoms with E-state index in [9.17, 15) is 0 Å². The molecule has 1 unspecified atom stereocenters. The molecule has 0 bridgehead atoms. The highest BCUT2D eigenvalue weighted by Gasteiger charge is 2.23. The quantitative estimate of drug-likeness (QED) is 0.641. The molecule has 5 nitrogen and oxygen atoms in total. The minimum absolute atomic E-state index is 0.374. The fraction of sp³-hybridized carbons (Fsp3) is 0.545. The third-order valence-corrected chi connectivity index (χ3v) is 5.46. The third kappa shape index (κ3) is 4.52. The molecule has 0 aliphatic heterocycles. The summed E-state index contributed by atoms with van der Waals surface area (Å²) in [5.41, 5.74) is 7.96. The van der Waals surface area contributed by atoms with Gasteiger partial charge in [0.1, 0.15) is 0 Å². The normalized spacial score (nSPS) is 17.1. The molecule has 1 aliphatic rings. The summed E-state index contributed by atoms with van der Waals surface area (Å²) in [7, 11) is 1.84. The Morgan fingerprint density at radius 3 is 2.59 bits per heavy atom. The number of nitrogens with zero attached hydrogens (tertiary/aromatic N) is 3. The van der Waals surface area contributed by atoms with Gasteiger partial charge in [0, 0.05) is 38.3 Å². The van der Waals surface area contributed by atoms with Gasteiger partial charge in [0.05, 0.1) is 5.69 Å². The molecule has 0 radical (unpaired) electrons. The van der Waals surface area contributed by atoms with Gasteiger partial charge in [-0.3, -0.25) is 9.67 Å².